The fourth-order valence-corrected chi connectivity index (χ4v) is 1.02. The number of nitro benzene ring substituents is 1. The van der Waals surface area contributed by atoms with E-state index in [-0.39, 0.29) is 5.69 Å². The Balaban J connectivity index is 3.08. The minimum atomic E-state index is -0.500. The molecule has 0 saturated carbocycles. The smallest absolute Gasteiger partial charge is 0.270 e. The zero-order chi connectivity index (χ0) is 10.6. The van der Waals surface area contributed by atoms with Crippen LogP contribution in [0.25, 0.3) is 0 Å². The molecule has 0 N–H and O–H groups in total. The lowest BCUT2D eigenvalue weighted by molar-refractivity contribution is -0.384. The predicted molar refractivity (Wildman–Crippen MR) is 52.7 cm³/mol. The van der Waals surface area contributed by atoms with Gasteiger partial charge in [0, 0.05) is 22.7 Å². The fraction of sp³-hybridized carbons (Fsp3) is 0.125. The van der Waals surface area contributed by atoms with Gasteiger partial charge in [0.1, 0.15) is 7.11 Å². The van der Waals surface area contributed by atoms with E-state index in [1.54, 1.807) is 0 Å². The highest BCUT2D eigenvalue weighted by molar-refractivity contribution is 6.33. The maximum absolute atomic E-state index is 10.4. The SMILES string of the molecule is CO/N=C\c1cc([N+](=O)[O-])ccc1Cl. The second-order valence-electron chi connectivity index (χ2n) is 2.38. The molecule has 6 heteroatoms. The zero-order valence-corrected chi connectivity index (χ0v) is 8.06. The maximum atomic E-state index is 10.4. The lowest BCUT2D eigenvalue weighted by Gasteiger charge is -1.96. The second kappa shape index (κ2) is 4.57. The van der Waals surface area contributed by atoms with Crippen molar-refractivity contribution in [2.24, 2.45) is 5.16 Å². The number of benzene rings is 1. The number of hydrogen-bond donors (Lipinski definition) is 0. The summed E-state index contributed by atoms with van der Waals surface area (Å²) in [5.74, 6) is 0. The number of halogens is 1. The number of oxime groups is 1. The Morgan fingerprint density at radius 1 is 1.64 bits per heavy atom. The molecular weight excluding hydrogens is 208 g/mol. The van der Waals surface area contributed by atoms with E-state index in [9.17, 15) is 10.1 Å². The van der Waals surface area contributed by atoms with Gasteiger partial charge in [-0.1, -0.05) is 16.8 Å². The fourth-order valence-electron chi connectivity index (χ4n) is 0.853. The molecule has 0 aromatic heterocycles. The minimum absolute atomic E-state index is 0.0352. The Labute approximate surface area is 85.1 Å². The summed E-state index contributed by atoms with van der Waals surface area (Å²) >= 11 is 5.77. The van der Waals surface area contributed by atoms with Gasteiger partial charge in [-0.2, -0.15) is 0 Å². The molecule has 0 saturated heterocycles. The Kier molecular flexibility index (Phi) is 3.41. The Hall–Kier alpha value is -1.62. The van der Waals surface area contributed by atoms with Gasteiger partial charge in [0.15, 0.2) is 0 Å². The van der Waals surface area contributed by atoms with Crippen molar-refractivity contribution < 1.29 is 9.76 Å². The molecule has 0 bridgehead atoms. The molecule has 5 nitrogen and oxygen atoms in total. The van der Waals surface area contributed by atoms with Crippen LogP contribution in [0.2, 0.25) is 5.02 Å². The molecule has 0 fully saturated rings. The van der Waals surface area contributed by atoms with Crippen molar-refractivity contribution in [3.8, 4) is 0 Å². The third-order valence-electron chi connectivity index (χ3n) is 1.49. The summed E-state index contributed by atoms with van der Waals surface area (Å²) in [6.07, 6.45) is 1.31. The Bertz CT molecular complexity index is 379. The van der Waals surface area contributed by atoms with Crippen LogP contribution in [0.3, 0.4) is 0 Å². The molecule has 1 aromatic rings. The lowest BCUT2D eigenvalue weighted by Crippen LogP contribution is -1.91. The molecular formula is C8H7ClN2O3. The van der Waals surface area contributed by atoms with Gasteiger partial charge < -0.3 is 4.84 Å². The second-order valence-corrected chi connectivity index (χ2v) is 2.79. The van der Waals surface area contributed by atoms with E-state index in [0.717, 1.165) is 0 Å². The van der Waals surface area contributed by atoms with Crippen molar-refractivity contribution in [1.29, 1.82) is 0 Å². The van der Waals surface area contributed by atoms with Gasteiger partial charge in [-0.05, 0) is 6.07 Å². The van der Waals surface area contributed by atoms with Crippen molar-refractivity contribution in [2.45, 2.75) is 0 Å². The van der Waals surface area contributed by atoms with E-state index in [2.05, 4.69) is 9.99 Å². The minimum Gasteiger partial charge on any atom is -0.399 e. The van der Waals surface area contributed by atoms with Crippen molar-refractivity contribution in [3.63, 3.8) is 0 Å². The van der Waals surface area contributed by atoms with Crippen molar-refractivity contribution >= 4 is 23.5 Å². The number of nitro groups is 1. The molecule has 0 aliphatic rings. The topological polar surface area (TPSA) is 64.7 Å². The van der Waals surface area contributed by atoms with Gasteiger partial charge in [-0.25, -0.2) is 0 Å². The van der Waals surface area contributed by atoms with Gasteiger partial charge in [-0.15, -0.1) is 0 Å². The Morgan fingerprint density at radius 2 is 2.36 bits per heavy atom. The van der Waals surface area contributed by atoms with Gasteiger partial charge in [-0.3, -0.25) is 10.1 Å². The first-order valence-corrected chi connectivity index (χ1v) is 4.03. The van der Waals surface area contributed by atoms with E-state index < -0.39 is 4.92 Å². The molecule has 0 aliphatic heterocycles. The lowest BCUT2D eigenvalue weighted by atomic mass is 10.2. The van der Waals surface area contributed by atoms with Gasteiger partial charge in [0.2, 0.25) is 0 Å². The number of non-ortho nitro benzene ring substituents is 1. The third kappa shape index (κ3) is 2.43. The molecule has 0 atom stereocenters. The van der Waals surface area contributed by atoms with Crippen LogP contribution in [-0.4, -0.2) is 18.2 Å². The van der Waals surface area contributed by atoms with Crippen LogP contribution in [0.1, 0.15) is 5.56 Å². The average molecular weight is 215 g/mol. The normalized spacial score (nSPS) is 10.4. The van der Waals surface area contributed by atoms with Crippen molar-refractivity contribution in [2.75, 3.05) is 7.11 Å². The van der Waals surface area contributed by atoms with Crippen LogP contribution in [-0.2, 0) is 4.84 Å². The third-order valence-corrected chi connectivity index (χ3v) is 1.83. The standard InChI is InChI=1S/C8H7ClN2O3/c1-14-10-5-6-4-7(11(12)13)2-3-8(6)9/h2-5H,1H3/b10-5-. The number of hydrogen-bond acceptors (Lipinski definition) is 4. The molecule has 14 heavy (non-hydrogen) atoms. The van der Waals surface area contributed by atoms with Crippen LogP contribution in [0.15, 0.2) is 23.4 Å². The van der Waals surface area contributed by atoms with Crippen LogP contribution in [0.4, 0.5) is 5.69 Å². The van der Waals surface area contributed by atoms with E-state index in [1.807, 2.05) is 0 Å². The highest BCUT2D eigenvalue weighted by Gasteiger charge is 2.07. The predicted octanol–water partition coefficient (Wildman–Crippen LogP) is 2.23. The summed E-state index contributed by atoms with van der Waals surface area (Å²) < 4.78 is 0. The summed E-state index contributed by atoms with van der Waals surface area (Å²) in [5, 5.41) is 14.3. The summed E-state index contributed by atoms with van der Waals surface area (Å²) in [6.45, 7) is 0. The molecule has 0 aliphatic carbocycles. The maximum Gasteiger partial charge on any atom is 0.270 e. The molecule has 0 radical (unpaired) electrons. The first-order chi connectivity index (χ1) is 6.65. The molecule has 0 amide bonds. The molecule has 0 heterocycles. The summed E-state index contributed by atoms with van der Waals surface area (Å²) in [4.78, 5) is 14.4. The van der Waals surface area contributed by atoms with Gasteiger partial charge in [0.25, 0.3) is 5.69 Å². The highest BCUT2D eigenvalue weighted by atomic mass is 35.5. The van der Waals surface area contributed by atoms with Crippen LogP contribution in [0.5, 0.6) is 0 Å². The van der Waals surface area contributed by atoms with E-state index in [0.29, 0.717) is 10.6 Å². The van der Waals surface area contributed by atoms with Crippen molar-refractivity contribution in [3.05, 3.63) is 38.9 Å². The zero-order valence-electron chi connectivity index (χ0n) is 7.31. The summed E-state index contributed by atoms with van der Waals surface area (Å²) in [6, 6.07) is 4.09. The average Bonchev–Trinajstić information content (AvgIpc) is 2.16. The molecule has 0 unspecified atom stereocenters. The van der Waals surface area contributed by atoms with Crippen molar-refractivity contribution in [1.82, 2.24) is 0 Å². The van der Waals surface area contributed by atoms with E-state index in [4.69, 9.17) is 11.6 Å². The summed E-state index contributed by atoms with van der Waals surface area (Å²) in [5.41, 5.74) is 0.412. The van der Waals surface area contributed by atoms with Gasteiger partial charge in [0.05, 0.1) is 11.1 Å². The molecule has 74 valence electrons. The first kappa shape index (κ1) is 10.5. The van der Waals surface area contributed by atoms with Crippen LogP contribution >= 0.6 is 11.6 Å². The monoisotopic (exact) mass is 214 g/mol. The van der Waals surface area contributed by atoms with E-state index >= 15 is 0 Å². The largest absolute Gasteiger partial charge is 0.399 e. The first-order valence-electron chi connectivity index (χ1n) is 3.65. The van der Waals surface area contributed by atoms with Crippen LogP contribution < -0.4 is 0 Å². The quantitative estimate of drug-likeness (QED) is 0.440. The molecule has 1 rings (SSSR count). The number of nitrogens with zero attached hydrogens (tertiary/aromatic N) is 2. The number of rotatable bonds is 3. The summed E-state index contributed by atoms with van der Waals surface area (Å²) in [7, 11) is 1.38. The molecule has 1 aromatic carbocycles. The van der Waals surface area contributed by atoms with E-state index in [1.165, 1.54) is 31.5 Å². The highest BCUT2D eigenvalue weighted by Crippen LogP contribution is 2.20. The molecule has 0 spiro atoms. The van der Waals surface area contributed by atoms with Gasteiger partial charge >= 0.3 is 0 Å². The Morgan fingerprint density at radius 3 is 2.93 bits per heavy atom. The van der Waals surface area contributed by atoms with Crippen LogP contribution in [0, 0.1) is 10.1 Å².